The minimum Gasteiger partial charge on any atom is -0.393 e. The summed E-state index contributed by atoms with van der Waals surface area (Å²) in [7, 11) is 1.72. The highest BCUT2D eigenvalue weighted by Gasteiger charge is 2.41. The van der Waals surface area contributed by atoms with Crippen LogP contribution in [0.4, 0.5) is 5.82 Å². The fourth-order valence-corrected chi connectivity index (χ4v) is 3.69. The maximum Gasteiger partial charge on any atom is 0.133 e. The summed E-state index contributed by atoms with van der Waals surface area (Å²) in [6.45, 7) is 2.37. The Labute approximate surface area is 126 Å². The summed E-state index contributed by atoms with van der Waals surface area (Å²) in [5.74, 6) is 1.10. The van der Waals surface area contributed by atoms with Gasteiger partial charge in [0.25, 0.3) is 0 Å². The molecule has 2 saturated heterocycles. The first-order valence-corrected chi connectivity index (χ1v) is 7.89. The van der Waals surface area contributed by atoms with Crippen LogP contribution in [0.2, 0.25) is 0 Å². The molecule has 0 spiro atoms. The van der Waals surface area contributed by atoms with E-state index in [1.54, 1.807) is 7.11 Å². The van der Waals surface area contributed by atoms with Crippen LogP contribution in [0, 0.1) is 0 Å². The average Bonchev–Trinajstić information content (AvgIpc) is 2.76. The van der Waals surface area contributed by atoms with Gasteiger partial charge in [-0.15, -0.1) is 0 Å². The smallest absolute Gasteiger partial charge is 0.133 e. The Kier molecular flexibility index (Phi) is 4.73. The predicted octanol–water partition coefficient (Wildman–Crippen LogP) is 1.31. The molecule has 2 aliphatic rings. The van der Waals surface area contributed by atoms with Gasteiger partial charge in [0.2, 0.25) is 0 Å². The third kappa shape index (κ3) is 3.20. The maximum atomic E-state index is 9.95. The zero-order valence-electron chi connectivity index (χ0n) is 12.7. The van der Waals surface area contributed by atoms with Gasteiger partial charge in [0.15, 0.2) is 0 Å². The summed E-state index contributed by atoms with van der Waals surface area (Å²) in [5, 5.41) is 13.4. The van der Waals surface area contributed by atoms with Gasteiger partial charge in [-0.25, -0.2) is 4.98 Å². The fourth-order valence-electron chi connectivity index (χ4n) is 3.69. The third-order valence-corrected chi connectivity index (χ3v) is 4.62. The van der Waals surface area contributed by atoms with E-state index in [1.807, 2.05) is 12.3 Å². The van der Waals surface area contributed by atoms with E-state index >= 15 is 0 Å². The first-order chi connectivity index (χ1) is 10.3. The van der Waals surface area contributed by atoms with Gasteiger partial charge in [0, 0.05) is 44.0 Å². The maximum absolute atomic E-state index is 9.95. The van der Waals surface area contributed by atoms with Gasteiger partial charge in [0.1, 0.15) is 5.82 Å². The van der Waals surface area contributed by atoms with Crippen LogP contribution in [-0.4, -0.2) is 48.5 Å². The number of methoxy groups -OCH3 is 1. The molecule has 3 heterocycles. The number of fused-ring (bicyclic) bond motifs is 2. The highest BCUT2D eigenvalue weighted by Crippen LogP contribution is 2.39. The van der Waals surface area contributed by atoms with E-state index in [0.717, 1.165) is 38.4 Å². The second-order valence-electron chi connectivity index (χ2n) is 6.07. The van der Waals surface area contributed by atoms with Crippen molar-refractivity contribution in [3.63, 3.8) is 0 Å². The summed E-state index contributed by atoms with van der Waals surface area (Å²) < 4.78 is 5.07. The Morgan fingerprint density at radius 3 is 2.86 bits per heavy atom. The van der Waals surface area contributed by atoms with Gasteiger partial charge in [-0.3, -0.25) is 0 Å². The Bertz CT molecular complexity index is 455. The van der Waals surface area contributed by atoms with Crippen molar-refractivity contribution in [1.29, 1.82) is 0 Å². The Balaban J connectivity index is 1.73. The van der Waals surface area contributed by atoms with Gasteiger partial charge in [-0.1, -0.05) is 6.07 Å². The molecular weight excluding hydrogens is 266 g/mol. The molecular formula is C16H25N3O2. The molecule has 2 aliphatic heterocycles. The molecule has 2 fully saturated rings. The molecule has 2 unspecified atom stereocenters. The van der Waals surface area contributed by atoms with Gasteiger partial charge >= 0.3 is 0 Å². The first-order valence-electron chi connectivity index (χ1n) is 7.89. The van der Waals surface area contributed by atoms with Crippen LogP contribution in [0.3, 0.4) is 0 Å². The van der Waals surface area contributed by atoms with E-state index < -0.39 is 0 Å². The van der Waals surface area contributed by atoms with Gasteiger partial charge in [0.05, 0.1) is 12.7 Å². The molecule has 5 heteroatoms. The molecule has 0 radical (unpaired) electrons. The summed E-state index contributed by atoms with van der Waals surface area (Å²) in [6.07, 6.45) is 5.85. The van der Waals surface area contributed by atoms with Crippen LogP contribution in [0.5, 0.6) is 0 Å². The number of ether oxygens (including phenoxy) is 1. The summed E-state index contributed by atoms with van der Waals surface area (Å²) >= 11 is 0. The predicted molar refractivity (Wildman–Crippen MR) is 82.3 cm³/mol. The van der Waals surface area contributed by atoms with Crippen molar-refractivity contribution >= 4 is 5.82 Å². The van der Waals surface area contributed by atoms with E-state index in [9.17, 15) is 5.11 Å². The van der Waals surface area contributed by atoms with Crippen LogP contribution in [0.15, 0.2) is 18.3 Å². The number of aromatic nitrogens is 1. The van der Waals surface area contributed by atoms with Crippen molar-refractivity contribution in [2.75, 3.05) is 25.2 Å². The zero-order valence-corrected chi connectivity index (χ0v) is 12.7. The van der Waals surface area contributed by atoms with E-state index in [1.165, 1.54) is 18.4 Å². The lowest BCUT2D eigenvalue weighted by Crippen LogP contribution is -2.45. The number of rotatable bonds is 6. The number of anilines is 1. The summed E-state index contributed by atoms with van der Waals surface area (Å²) in [5.41, 5.74) is 1.24. The van der Waals surface area contributed by atoms with Crippen LogP contribution in [0.1, 0.15) is 31.2 Å². The number of nitrogens with one attached hydrogen (secondary N) is 1. The van der Waals surface area contributed by atoms with Gasteiger partial charge in [-0.05, 0) is 31.7 Å². The molecule has 3 rings (SSSR count). The lowest BCUT2D eigenvalue weighted by molar-refractivity contribution is 0.126. The summed E-state index contributed by atoms with van der Waals surface area (Å²) in [4.78, 5) is 7.10. The van der Waals surface area contributed by atoms with Crippen LogP contribution < -0.4 is 10.2 Å². The first kappa shape index (κ1) is 14.8. The van der Waals surface area contributed by atoms with Crippen LogP contribution >= 0.6 is 0 Å². The summed E-state index contributed by atoms with van der Waals surface area (Å²) in [6, 6.07) is 5.04. The molecule has 0 saturated carbocycles. The number of nitrogens with zero attached hydrogens (tertiary/aromatic N) is 2. The van der Waals surface area contributed by atoms with Crippen molar-refractivity contribution < 1.29 is 9.84 Å². The van der Waals surface area contributed by atoms with Gasteiger partial charge < -0.3 is 20.1 Å². The molecule has 2 bridgehead atoms. The van der Waals surface area contributed by atoms with Crippen molar-refractivity contribution in [1.82, 2.24) is 10.3 Å². The molecule has 0 aromatic carbocycles. The largest absolute Gasteiger partial charge is 0.393 e. The highest BCUT2D eigenvalue weighted by molar-refractivity contribution is 5.50. The molecule has 21 heavy (non-hydrogen) atoms. The fraction of sp³-hybridized carbons (Fsp3) is 0.688. The SMILES string of the molecule is COCCNCc1cccnc1N1C2CCC1CC(O)C2. The van der Waals surface area contributed by atoms with E-state index in [2.05, 4.69) is 21.3 Å². The third-order valence-electron chi connectivity index (χ3n) is 4.62. The molecule has 2 N–H and O–H groups in total. The molecule has 1 aromatic rings. The lowest BCUT2D eigenvalue weighted by atomic mass is 9.99. The van der Waals surface area contributed by atoms with Crippen molar-refractivity contribution in [3.8, 4) is 0 Å². The molecule has 0 amide bonds. The minimum absolute atomic E-state index is 0.134. The van der Waals surface area contributed by atoms with Crippen LogP contribution in [0.25, 0.3) is 0 Å². The van der Waals surface area contributed by atoms with Crippen LogP contribution in [-0.2, 0) is 11.3 Å². The molecule has 116 valence electrons. The van der Waals surface area contributed by atoms with E-state index in [0.29, 0.717) is 12.1 Å². The standard InChI is InChI=1S/C16H25N3O2/c1-21-8-7-17-11-12-3-2-6-18-16(12)19-13-4-5-14(19)10-15(20)9-13/h2-3,6,13-15,17,20H,4-5,7-11H2,1H3. The minimum atomic E-state index is -0.134. The second-order valence-corrected chi connectivity index (χ2v) is 6.07. The Morgan fingerprint density at radius 1 is 1.38 bits per heavy atom. The number of hydrogen-bond acceptors (Lipinski definition) is 5. The molecule has 1 aromatic heterocycles. The zero-order chi connectivity index (χ0) is 14.7. The molecule has 0 aliphatic carbocycles. The lowest BCUT2D eigenvalue weighted by Gasteiger charge is -2.39. The monoisotopic (exact) mass is 291 g/mol. The number of piperidine rings is 1. The van der Waals surface area contributed by atoms with Gasteiger partial charge in [-0.2, -0.15) is 0 Å². The second kappa shape index (κ2) is 6.73. The normalized spacial score (nSPS) is 28.1. The number of aliphatic hydroxyl groups is 1. The Morgan fingerprint density at radius 2 is 2.14 bits per heavy atom. The highest BCUT2D eigenvalue weighted by atomic mass is 16.5. The van der Waals surface area contributed by atoms with E-state index in [-0.39, 0.29) is 6.10 Å². The average molecular weight is 291 g/mol. The van der Waals surface area contributed by atoms with E-state index in [4.69, 9.17) is 4.74 Å². The Hall–Kier alpha value is -1.17. The van der Waals surface area contributed by atoms with Crippen molar-refractivity contribution in [2.24, 2.45) is 0 Å². The number of aliphatic hydroxyl groups excluding tert-OH is 1. The van der Waals surface area contributed by atoms with Crippen molar-refractivity contribution in [3.05, 3.63) is 23.9 Å². The quantitative estimate of drug-likeness (QED) is 0.774. The van der Waals surface area contributed by atoms with Crippen molar-refractivity contribution in [2.45, 2.75) is 50.4 Å². The molecule has 5 nitrogen and oxygen atoms in total. The topological polar surface area (TPSA) is 57.6 Å². The number of hydrogen-bond donors (Lipinski definition) is 2. The molecule has 2 atom stereocenters. The number of pyridine rings is 1.